The van der Waals surface area contributed by atoms with Crippen LogP contribution in [0.15, 0.2) is 18.5 Å². The number of carbonyl (C=O) groups is 2. The van der Waals surface area contributed by atoms with E-state index < -0.39 is 17.7 Å². The van der Waals surface area contributed by atoms with Gasteiger partial charge < -0.3 is 14.6 Å². The maximum Gasteiger partial charge on any atom is 0.417 e. The lowest BCUT2D eigenvalue weighted by molar-refractivity contribution is -0.131. The van der Waals surface area contributed by atoms with Crippen LogP contribution in [-0.2, 0) is 9.53 Å². The number of allylic oxidation sites excluding steroid dienone is 1. The summed E-state index contributed by atoms with van der Waals surface area (Å²) in [5.74, 6) is 0.324. The maximum absolute atomic E-state index is 12.8. The highest BCUT2D eigenvalue weighted by Gasteiger charge is 2.35. The third-order valence-corrected chi connectivity index (χ3v) is 5.78. The predicted molar refractivity (Wildman–Crippen MR) is 128 cm³/mol. The number of fused-ring (bicyclic) bond motifs is 1. The van der Waals surface area contributed by atoms with Gasteiger partial charge in [0.2, 0.25) is 11.2 Å². The number of hydrogen-bond donors (Lipinski definition) is 1. The van der Waals surface area contributed by atoms with Crippen molar-refractivity contribution in [3.8, 4) is 0 Å². The van der Waals surface area contributed by atoms with Gasteiger partial charge in [0, 0.05) is 12.5 Å². The van der Waals surface area contributed by atoms with Crippen LogP contribution in [0.4, 0.5) is 10.6 Å². The molecule has 0 bridgehead atoms. The Balaban J connectivity index is 1.88. The van der Waals surface area contributed by atoms with E-state index in [0.717, 1.165) is 12.8 Å². The SMILES string of the molecule is CCC(=O)N(C(=O)OC(C)(C)C)[C@@H]1C=C[C@H](n2cnc3c(NC(CC)CC)nc(Cl)nc32)C1. The van der Waals surface area contributed by atoms with E-state index in [2.05, 4.69) is 34.1 Å². The Kier molecular flexibility index (Phi) is 7.62. The smallest absolute Gasteiger partial charge is 0.417 e. The number of ether oxygens (including phenoxy) is 1. The van der Waals surface area contributed by atoms with Crippen molar-refractivity contribution in [3.63, 3.8) is 0 Å². The van der Waals surface area contributed by atoms with Gasteiger partial charge in [0.25, 0.3) is 0 Å². The average molecular weight is 477 g/mol. The monoisotopic (exact) mass is 476 g/mol. The summed E-state index contributed by atoms with van der Waals surface area (Å²) < 4.78 is 7.39. The highest BCUT2D eigenvalue weighted by molar-refractivity contribution is 6.28. The van der Waals surface area contributed by atoms with Gasteiger partial charge in [-0.2, -0.15) is 9.97 Å². The molecule has 0 saturated carbocycles. The summed E-state index contributed by atoms with van der Waals surface area (Å²) in [5.41, 5.74) is 0.540. The summed E-state index contributed by atoms with van der Waals surface area (Å²) in [6.07, 6.45) is 7.46. The van der Waals surface area contributed by atoms with Crippen LogP contribution in [0.25, 0.3) is 11.2 Å². The quantitative estimate of drug-likeness (QED) is 0.436. The molecule has 1 aliphatic rings. The first-order valence-corrected chi connectivity index (χ1v) is 11.9. The molecule has 2 atom stereocenters. The zero-order chi connectivity index (χ0) is 24.3. The first kappa shape index (κ1) is 25.0. The predicted octanol–water partition coefficient (Wildman–Crippen LogP) is 5.12. The number of rotatable bonds is 7. The fraction of sp³-hybridized carbons (Fsp3) is 0.609. The summed E-state index contributed by atoms with van der Waals surface area (Å²) in [7, 11) is 0. The molecule has 2 amide bonds. The number of imide groups is 1. The van der Waals surface area contributed by atoms with Crippen LogP contribution < -0.4 is 5.32 Å². The van der Waals surface area contributed by atoms with Crippen molar-refractivity contribution in [3.05, 3.63) is 23.8 Å². The molecule has 180 valence electrons. The second-order valence-corrected chi connectivity index (χ2v) is 9.51. The van der Waals surface area contributed by atoms with Crippen LogP contribution in [0.3, 0.4) is 0 Å². The van der Waals surface area contributed by atoms with E-state index in [4.69, 9.17) is 16.3 Å². The molecule has 0 aromatic carbocycles. The Morgan fingerprint density at radius 3 is 2.55 bits per heavy atom. The lowest BCUT2D eigenvalue weighted by atomic mass is 10.1. The van der Waals surface area contributed by atoms with E-state index in [1.165, 1.54) is 4.90 Å². The Morgan fingerprint density at radius 2 is 1.94 bits per heavy atom. The second kappa shape index (κ2) is 10.1. The van der Waals surface area contributed by atoms with Gasteiger partial charge in [-0.05, 0) is 51.6 Å². The van der Waals surface area contributed by atoms with E-state index in [0.29, 0.717) is 23.4 Å². The van der Waals surface area contributed by atoms with Gasteiger partial charge in [-0.25, -0.2) is 14.7 Å². The van der Waals surface area contributed by atoms with E-state index in [1.54, 1.807) is 34.0 Å². The minimum absolute atomic E-state index is 0.132. The molecule has 0 unspecified atom stereocenters. The summed E-state index contributed by atoms with van der Waals surface area (Å²) in [6, 6.07) is -0.321. The van der Waals surface area contributed by atoms with Crippen LogP contribution in [0.5, 0.6) is 0 Å². The van der Waals surface area contributed by atoms with Gasteiger partial charge in [-0.3, -0.25) is 4.79 Å². The molecule has 0 fully saturated rings. The van der Waals surface area contributed by atoms with Gasteiger partial charge in [0.15, 0.2) is 17.0 Å². The van der Waals surface area contributed by atoms with Crippen molar-refractivity contribution < 1.29 is 14.3 Å². The lowest BCUT2D eigenvalue weighted by Gasteiger charge is -2.29. The number of nitrogens with one attached hydrogen (secondary N) is 1. The van der Waals surface area contributed by atoms with Crippen LogP contribution in [0, 0.1) is 0 Å². The molecule has 0 radical (unpaired) electrons. The summed E-state index contributed by atoms with van der Waals surface area (Å²) in [6.45, 7) is 11.3. The van der Waals surface area contributed by atoms with E-state index in [9.17, 15) is 9.59 Å². The number of nitrogens with zero attached hydrogens (tertiary/aromatic N) is 5. The topological polar surface area (TPSA) is 102 Å². The Bertz CT molecular complexity index is 1040. The van der Waals surface area contributed by atoms with Gasteiger partial charge >= 0.3 is 6.09 Å². The minimum atomic E-state index is -0.697. The first-order valence-electron chi connectivity index (χ1n) is 11.5. The van der Waals surface area contributed by atoms with Crippen LogP contribution in [-0.4, -0.2) is 54.1 Å². The zero-order valence-corrected chi connectivity index (χ0v) is 20.9. The van der Waals surface area contributed by atoms with E-state index >= 15 is 0 Å². The summed E-state index contributed by atoms with van der Waals surface area (Å²) in [4.78, 5) is 39.9. The number of aromatic nitrogens is 4. The molecule has 0 aliphatic heterocycles. The summed E-state index contributed by atoms with van der Waals surface area (Å²) >= 11 is 6.24. The number of hydrogen-bond acceptors (Lipinski definition) is 7. The molecule has 0 saturated heterocycles. The molecule has 2 aromatic heterocycles. The van der Waals surface area contributed by atoms with Gasteiger partial charge in [0.1, 0.15) is 5.60 Å². The van der Waals surface area contributed by atoms with Gasteiger partial charge in [-0.1, -0.05) is 32.9 Å². The molecule has 9 nitrogen and oxygen atoms in total. The standard InChI is InChI=1S/C23H33ClN6O3/c1-7-14(8-2)26-19-18-20(28-21(24)27-19)29(13-25-18)15-10-11-16(12-15)30(17(31)9-3)22(32)33-23(4,5)6/h10-11,13-16H,7-9,12H2,1-6H3,(H,26,27,28)/t15-,16+/m0/s1. The number of imidazole rings is 1. The molecule has 0 spiro atoms. The highest BCUT2D eigenvalue weighted by atomic mass is 35.5. The van der Waals surface area contributed by atoms with Crippen molar-refractivity contribution in [1.29, 1.82) is 0 Å². The van der Waals surface area contributed by atoms with Crippen molar-refractivity contribution in [2.75, 3.05) is 5.32 Å². The Labute approximate surface area is 199 Å². The molecular weight excluding hydrogens is 444 g/mol. The molecule has 1 N–H and O–H groups in total. The number of carbonyl (C=O) groups excluding carboxylic acids is 2. The van der Waals surface area contributed by atoms with Crippen molar-refractivity contribution in [2.45, 2.75) is 91.0 Å². The summed E-state index contributed by atoms with van der Waals surface area (Å²) in [5, 5.41) is 3.54. The van der Waals surface area contributed by atoms with Crippen LogP contribution in [0.2, 0.25) is 5.28 Å². The normalized spacial score (nSPS) is 18.2. The fourth-order valence-corrected chi connectivity index (χ4v) is 4.05. The number of halogens is 1. The van der Waals surface area contributed by atoms with Crippen LogP contribution in [0.1, 0.15) is 73.3 Å². The molecule has 10 heteroatoms. The zero-order valence-electron chi connectivity index (χ0n) is 20.1. The largest absolute Gasteiger partial charge is 0.443 e. The van der Waals surface area contributed by atoms with Crippen LogP contribution >= 0.6 is 11.6 Å². The highest BCUT2D eigenvalue weighted by Crippen LogP contribution is 2.32. The molecular formula is C23H33ClN6O3. The van der Waals surface area contributed by atoms with Crippen molar-refractivity contribution >= 4 is 40.6 Å². The maximum atomic E-state index is 12.8. The van der Waals surface area contributed by atoms with Gasteiger partial charge in [0.05, 0.1) is 18.4 Å². The van der Waals surface area contributed by atoms with Crippen molar-refractivity contribution in [2.24, 2.45) is 0 Å². The Hall–Kier alpha value is -2.68. The first-order chi connectivity index (χ1) is 15.6. The lowest BCUT2D eigenvalue weighted by Crippen LogP contribution is -2.45. The number of amides is 2. The van der Waals surface area contributed by atoms with E-state index in [-0.39, 0.29) is 29.7 Å². The van der Waals surface area contributed by atoms with E-state index in [1.807, 2.05) is 16.7 Å². The van der Waals surface area contributed by atoms with Gasteiger partial charge in [-0.15, -0.1) is 0 Å². The molecule has 1 aliphatic carbocycles. The Morgan fingerprint density at radius 1 is 1.24 bits per heavy atom. The van der Waals surface area contributed by atoms with Crippen molar-refractivity contribution in [1.82, 2.24) is 24.4 Å². The average Bonchev–Trinajstić information content (AvgIpc) is 3.37. The molecule has 2 aromatic rings. The third kappa shape index (κ3) is 5.63. The minimum Gasteiger partial charge on any atom is -0.443 e. The molecule has 2 heterocycles. The molecule has 33 heavy (non-hydrogen) atoms. The number of anilines is 1. The second-order valence-electron chi connectivity index (χ2n) is 9.18. The third-order valence-electron chi connectivity index (χ3n) is 5.61. The fourth-order valence-electron chi connectivity index (χ4n) is 3.88. The molecule has 3 rings (SSSR count).